The molecule has 2 spiro atoms. The van der Waals surface area contributed by atoms with Gasteiger partial charge in [-0.3, -0.25) is 0 Å². The van der Waals surface area contributed by atoms with Crippen LogP contribution in [0.4, 0.5) is 17.1 Å². The van der Waals surface area contributed by atoms with Crippen molar-refractivity contribution in [2.45, 2.75) is 10.8 Å². The molecule has 83 heavy (non-hydrogen) atoms. The van der Waals surface area contributed by atoms with Crippen LogP contribution in [0.1, 0.15) is 44.5 Å². The van der Waals surface area contributed by atoms with Gasteiger partial charge in [0.25, 0.3) is 0 Å². The average molecular weight is 1060 g/mol. The molecule has 13 aromatic carbocycles. The van der Waals surface area contributed by atoms with Crippen LogP contribution in [0.5, 0.6) is 23.0 Å². The summed E-state index contributed by atoms with van der Waals surface area (Å²) in [5.74, 6) is 3.56. The summed E-state index contributed by atoms with van der Waals surface area (Å²) in [6, 6.07) is 113. The van der Waals surface area contributed by atoms with Gasteiger partial charge in [0.15, 0.2) is 0 Å². The summed E-state index contributed by atoms with van der Waals surface area (Å²) in [6.07, 6.45) is 0. The Morgan fingerprint density at radius 1 is 0.205 bits per heavy atom. The molecule has 3 nitrogen and oxygen atoms in total. The summed E-state index contributed by atoms with van der Waals surface area (Å²) in [7, 11) is 0. The van der Waals surface area contributed by atoms with Crippen molar-refractivity contribution in [3.8, 4) is 89.8 Å². The van der Waals surface area contributed by atoms with Gasteiger partial charge in [-0.15, -0.1) is 0 Å². The molecule has 4 aliphatic rings. The number of fused-ring (bicyclic) bond motifs is 18. The molecule has 0 unspecified atom stereocenters. The molecular weight excluding hydrogens is 1010 g/mol. The second kappa shape index (κ2) is 18.4. The minimum Gasteiger partial charge on any atom is -0.457 e. The summed E-state index contributed by atoms with van der Waals surface area (Å²) in [4.78, 5) is 2.41. The highest BCUT2D eigenvalue weighted by Gasteiger charge is 2.53. The number of hydrogen-bond acceptors (Lipinski definition) is 3. The quantitative estimate of drug-likeness (QED) is 0.159. The third-order valence-electron chi connectivity index (χ3n) is 18.0. The molecule has 17 rings (SSSR count). The van der Waals surface area contributed by atoms with Crippen molar-refractivity contribution in [3.05, 3.63) is 354 Å². The zero-order valence-corrected chi connectivity index (χ0v) is 45.2. The third kappa shape index (κ3) is 6.86. The fraction of sp³-hybridized carbons (Fsp3) is 0.0250. The second-order valence-corrected chi connectivity index (χ2v) is 22.2. The SMILES string of the molecule is c1ccc(-c2cccc(-c3ccc(N(c4ccc(-c5cccc6c5-c5ccccc5C65c6ccccc6Oc6ccccc65)cc4)c4cccc(-c5cccc6c5-c5ccccc5C65c6ccccc6Oc6ccccc65)c4)cc3)c2)cc1. The third-order valence-corrected chi connectivity index (χ3v) is 18.0. The molecule has 0 saturated carbocycles. The molecule has 0 amide bonds. The van der Waals surface area contributed by atoms with E-state index in [9.17, 15) is 0 Å². The Balaban J connectivity index is 0.818. The Kier molecular flexibility index (Phi) is 10.4. The van der Waals surface area contributed by atoms with Gasteiger partial charge >= 0.3 is 0 Å². The minimum atomic E-state index is -0.567. The van der Waals surface area contributed by atoms with Crippen LogP contribution in [0.25, 0.3) is 66.8 Å². The normalized spacial score (nSPS) is 13.7. The van der Waals surface area contributed by atoms with E-state index in [-0.39, 0.29) is 0 Å². The zero-order chi connectivity index (χ0) is 54.6. The van der Waals surface area contributed by atoms with Crippen LogP contribution in [0, 0.1) is 0 Å². The Labute approximate surface area is 483 Å². The van der Waals surface area contributed by atoms with Gasteiger partial charge in [0.2, 0.25) is 0 Å². The Bertz CT molecular complexity index is 4660. The highest BCUT2D eigenvalue weighted by atomic mass is 16.5. The first-order chi connectivity index (χ1) is 41.2. The molecule has 2 aliphatic carbocycles. The van der Waals surface area contributed by atoms with E-state index in [1.807, 2.05) is 0 Å². The first-order valence-corrected chi connectivity index (χ1v) is 28.6. The molecule has 13 aromatic rings. The Hall–Kier alpha value is -10.7. The van der Waals surface area contributed by atoms with E-state index in [1.165, 1.54) is 72.3 Å². The lowest BCUT2D eigenvalue weighted by Gasteiger charge is -2.39. The maximum Gasteiger partial charge on any atom is 0.132 e. The monoisotopic (exact) mass is 1060 g/mol. The lowest BCUT2D eigenvalue weighted by molar-refractivity contribution is 0.436. The number of hydrogen-bond donors (Lipinski definition) is 0. The molecule has 0 N–H and O–H groups in total. The molecule has 388 valence electrons. The number of anilines is 3. The van der Waals surface area contributed by atoms with Crippen molar-refractivity contribution in [3.63, 3.8) is 0 Å². The fourth-order valence-electron chi connectivity index (χ4n) is 14.6. The van der Waals surface area contributed by atoms with Crippen molar-refractivity contribution in [1.82, 2.24) is 0 Å². The molecular formula is C80H51NO2. The Morgan fingerprint density at radius 3 is 1.04 bits per heavy atom. The summed E-state index contributed by atoms with van der Waals surface area (Å²) < 4.78 is 13.4. The van der Waals surface area contributed by atoms with Crippen LogP contribution < -0.4 is 14.4 Å². The van der Waals surface area contributed by atoms with E-state index in [4.69, 9.17) is 9.47 Å². The van der Waals surface area contributed by atoms with Crippen molar-refractivity contribution < 1.29 is 9.47 Å². The van der Waals surface area contributed by atoms with Gasteiger partial charge in [-0.2, -0.15) is 0 Å². The van der Waals surface area contributed by atoms with Gasteiger partial charge in [0.1, 0.15) is 23.0 Å². The van der Waals surface area contributed by atoms with E-state index in [1.54, 1.807) is 0 Å². The van der Waals surface area contributed by atoms with Crippen LogP contribution in [0.15, 0.2) is 309 Å². The maximum absolute atomic E-state index is 6.69. The summed E-state index contributed by atoms with van der Waals surface area (Å²) in [5, 5.41) is 0. The van der Waals surface area contributed by atoms with Gasteiger partial charge in [-0.25, -0.2) is 0 Å². The largest absolute Gasteiger partial charge is 0.457 e. The number of benzene rings is 13. The predicted octanol–water partition coefficient (Wildman–Crippen LogP) is 20.8. The number of para-hydroxylation sites is 4. The van der Waals surface area contributed by atoms with Gasteiger partial charge < -0.3 is 14.4 Å². The number of rotatable bonds is 7. The Morgan fingerprint density at radius 2 is 0.542 bits per heavy atom. The minimum absolute atomic E-state index is 0.550. The predicted molar refractivity (Wildman–Crippen MR) is 338 cm³/mol. The van der Waals surface area contributed by atoms with Gasteiger partial charge in [-0.1, -0.05) is 243 Å². The second-order valence-electron chi connectivity index (χ2n) is 22.2. The summed E-state index contributed by atoms with van der Waals surface area (Å²) in [6.45, 7) is 0. The fourth-order valence-corrected chi connectivity index (χ4v) is 14.6. The van der Waals surface area contributed by atoms with E-state index in [2.05, 4.69) is 314 Å². The topological polar surface area (TPSA) is 21.7 Å². The molecule has 2 heterocycles. The molecule has 3 heteroatoms. The molecule has 0 atom stereocenters. The molecule has 2 aliphatic heterocycles. The highest BCUT2D eigenvalue weighted by Crippen LogP contribution is 2.65. The first-order valence-electron chi connectivity index (χ1n) is 28.6. The lowest BCUT2D eigenvalue weighted by atomic mass is 9.66. The summed E-state index contributed by atoms with van der Waals surface area (Å²) >= 11 is 0. The van der Waals surface area contributed by atoms with E-state index in [0.29, 0.717) is 0 Å². The number of ether oxygens (including phenoxy) is 2. The van der Waals surface area contributed by atoms with Crippen molar-refractivity contribution >= 4 is 17.1 Å². The number of nitrogens with zero attached hydrogens (tertiary/aromatic N) is 1. The van der Waals surface area contributed by atoms with Gasteiger partial charge in [0.05, 0.1) is 10.8 Å². The van der Waals surface area contributed by atoms with Crippen LogP contribution in [0.2, 0.25) is 0 Å². The molecule has 0 aromatic heterocycles. The van der Waals surface area contributed by atoms with Crippen molar-refractivity contribution in [1.29, 1.82) is 0 Å². The van der Waals surface area contributed by atoms with E-state index >= 15 is 0 Å². The smallest absolute Gasteiger partial charge is 0.132 e. The van der Waals surface area contributed by atoms with Crippen LogP contribution in [-0.2, 0) is 10.8 Å². The average Bonchev–Trinajstić information content (AvgIpc) is 1.68. The van der Waals surface area contributed by atoms with Crippen molar-refractivity contribution in [2.75, 3.05) is 4.90 Å². The van der Waals surface area contributed by atoms with Gasteiger partial charge in [-0.05, 0) is 156 Å². The molecule has 0 fully saturated rings. The van der Waals surface area contributed by atoms with Gasteiger partial charge in [0, 0.05) is 39.3 Å². The molecule has 0 bridgehead atoms. The maximum atomic E-state index is 6.69. The highest BCUT2D eigenvalue weighted by molar-refractivity contribution is 5.99. The van der Waals surface area contributed by atoms with Crippen molar-refractivity contribution in [2.24, 2.45) is 0 Å². The first kappa shape index (κ1) is 47.1. The molecule has 0 radical (unpaired) electrons. The zero-order valence-electron chi connectivity index (χ0n) is 45.2. The van der Waals surface area contributed by atoms with E-state index in [0.717, 1.165) is 79.0 Å². The summed E-state index contributed by atoms with van der Waals surface area (Å²) in [5.41, 5.74) is 26.1. The lowest BCUT2D eigenvalue weighted by Crippen LogP contribution is -2.32. The van der Waals surface area contributed by atoms with Crippen LogP contribution >= 0.6 is 0 Å². The molecule has 0 saturated heterocycles. The van der Waals surface area contributed by atoms with E-state index < -0.39 is 10.8 Å². The van der Waals surface area contributed by atoms with Crippen LogP contribution in [0.3, 0.4) is 0 Å². The standard InChI is InChI=1S/C80H51NO2/c1-2-20-52(21-3-1)55-22-16-23-56(50-55)53-42-46-58(47-43-53)81(59-48-44-54(45-49-59)61-28-18-36-71-77(61)63-26-4-6-30-65(63)79(71)67-32-8-12-38-73(67)82-74-39-13-9-33-68(74)79)60-25-17-24-57(51-60)62-29-19-37-72-78(62)64-27-5-7-31-66(64)80(72)69-34-10-14-40-75(69)83-76-41-15-11-35-70(76)80/h1-51H. The van der Waals surface area contributed by atoms with Crippen LogP contribution in [-0.4, -0.2) is 0 Å².